The van der Waals surface area contributed by atoms with Gasteiger partial charge in [0.15, 0.2) is 0 Å². The van der Waals surface area contributed by atoms with Gasteiger partial charge < -0.3 is 15.0 Å². The van der Waals surface area contributed by atoms with Gasteiger partial charge >= 0.3 is 0 Å². The van der Waals surface area contributed by atoms with Gasteiger partial charge in [-0.2, -0.15) is 0 Å². The van der Waals surface area contributed by atoms with Crippen LogP contribution < -0.4 is 5.73 Å². The summed E-state index contributed by atoms with van der Waals surface area (Å²) in [5.74, 6) is 0.763. The van der Waals surface area contributed by atoms with Crippen LogP contribution in [0.3, 0.4) is 0 Å². The monoisotopic (exact) mass is 235 g/mol. The van der Waals surface area contributed by atoms with Crippen molar-refractivity contribution in [2.24, 2.45) is 11.7 Å². The summed E-state index contributed by atoms with van der Waals surface area (Å²) in [7, 11) is 0. The molecule has 2 aliphatic rings. The number of hydrogen-bond acceptors (Lipinski definition) is 3. The summed E-state index contributed by atoms with van der Waals surface area (Å²) < 4.78 is 8.14. The Bertz CT molecular complexity index is 403. The van der Waals surface area contributed by atoms with Gasteiger partial charge in [-0.1, -0.05) is 0 Å². The lowest BCUT2D eigenvalue weighted by Gasteiger charge is -2.27. The Hall–Kier alpha value is -0.870. The number of imidazole rings is 1. The maximum atomic E-state index is 6.21. The zero-order chi connectivity index (χ0) is 12.0. The normalized spacial score (nSPS) is 29.8. The van der Waals surface area contributed by atoms with Gasteiger partial charge in [0.2, 0.25) is 0 Å². The minimum Gasteiger partial charge on any atom is -0.376 e. The van der Waals surface area contributed by atoms with E-state index in [4.69, 9.17) is 10.5 Å². The zero-order valence-corrected chi connectivity index (χ0v) is 10.6. The minimum atomic E-state index is -0.340. The Morgan fingerprint density at radius 3 is 2.82 bits per heavy atom. The van der Waals surface area contributed by atoms with Crippen molar-refractivity contribution >= 4 is 0 Å². The van der Waals surface area contributed by atoms with Crippen molar-refractivity contribution in [1.82, 2.24) is 9.55 Å². The third kappa shape index (κ3) is 2.00. The van der Waals surface area contributed by atoms with Crippen LogP contribution in [-0.2, 0) is 10.3 Å². The van der Waals surface area contributed by atoms with Gasteiger partial charge in [0.05, 0.1) is 29.7 Å². The summed E-state index contributed by atoms with van der Waals surface area (Å²) in [5, 5.41) is 0. The Morgan fingerprint density at radius 1 is 1.41 bits per heavy atom. The summed E-state index contributed by atoms with van der Waals surface area (Å²) in [6, 6.07) is 0.433. The van der Waals surface area contributed by atoms with Gasteiger partial charge in [-0.15, -0.1) is 0 Å². The van der Waals surface area contributed by atoms with Gasteiger partial charge in [-0.3, -0.25) is 0 Å². The summed E-state index contributed by atoms with van der Waals surface area (Å²) in [4.78, 5) is 4.27. The molecule has 94 valence electrons. The van der Waals surface area contributed by atoms with Crippen molar-refractivity contribution in [2.75, 3.05) is 6.61 Å². The van der Waals surface area contributed by atoms with E-state index in [1.165, 1.54) is 12.8 Å². The SMILES string of the molecule is CC(C)(N)c1cncn1C1CCOC1C1CC1. The summed E-state index contributed by atoms with van der Waals surface area (Å²) in [5.41, 5.74) is 6.97. The number of nitrogens with two attached hydrogens (primary N) is 1. The molecule has 4 heteroatoms. The van der Waals surface area contributed by atoms with Crippen molar-refractivity contribution in [1.29, 1.82) is 0 Å². The highest BCUT2D eigenvalue weighted by Gasteiger charge is 2.42. The van der Waals surface area contributed by atoms with Gasteiger partial charge in [0.1, 0.15) is 0 Å². The first-order valence-electron chi connectivity index (χ1n) is 6.50. The molecule has 2 N–H and O–H groups in total. The van der Waals surface area contributed by atoms with E-state index >= 15 is 0 Å². The van der Waals surface area contributed by atoms with Gasteiger partial charge in [0.25, 0.3) is 0 Å². The highest BCUT2D eigenvalue weighted by atomic mass is 16.5. The van der Waals surface area contributed by atoms with Crippen molar-refractivity contribution in [3.8, 4) is 0 Å². The van der Waals surface area contributed by atoms with E-state index in [0.717, 1.165) is 24.6 Å². The molecule has 2 heterocycles. The van der Waals surface area contributed by atoms with E-state index in [1.807, 2.05) is 26.4 Å². The van der Waals surface area contributed by atoms with Crippen molar-refractivity contribution in [2.45, 2.75) is 50.8 Å². The lowest BCUT2D eigenvalue weighted by atomic mass is 10.00. The van der Waals surface area contributed by atoms with Crippen molar-refractivity contribution < 1.29 is 4.74 Å². The molecular formula is C13H21N3O. The fourth-order valence-electron chi connectivity index (χ4n) is 2.84. The number of aromatic nitrogens is 2. The Kier molecular flexibility index (Phi) is 2.52. The Labute approximate surface area is 102 Å². The van der Waals surface area contributed by atoms with Crippen LogP contribution in [0.2, 0.25) is 0 Å². The topological polar surface area (TPSA) is 53.1 Å². The molecule has 1 aromatic heterocycles. The highest BCUT2D eigenvalue weighted by molar-refractivity contribution is 5.12. The average molecular weight is 235 g/mol. The van der Waals surface area contributed by atoms with E-state index in [9.17, 15) is 0 Å². The molecule has 1 aromatic rings. The number of ether oxygens (including phenoxy) is 1. The molecule has 0 spiro atoms. The second-order valence-corrected chi connectivity index (χ2v) is 5.94. The van der Waals surface area contributed by atoms with Crippen molar-refractivity contribution in [3.63, 3.8) is 0 Å². The molecule has 3 rings (SSSR count). The molecule has 1 aliphatic carbocycles. The molecule has 17 heavy (non-hydrogen) atoms. The summed E-state index contributed by atoms with van der Waals surface area (Å²) >= 11 is 0. The van der Waals surface area contributed by atoms with Crippen LogP contribution in [0, 0.1) is 5.92 Å². The lowest BCUT2D eigenvalue weighted by molar-refractivity contribution is 0.0740. The van der Waals surface area contributed by atoms with Crippen LogP contribution in [0.1, 0.15) is 44.8 Å². The maximum Gasteiger partial charge on any atom is 0.0952 e. The van der Waals surface area contributed by atoms with Gasteiger partial charge in [-0.05, 0) is 39.0 Å². The summed E-state index contributed by atoms with van der Waals surface area (Å²) in [6.45, 7) is 4.93. The van der Waals surface area contributed by atoms with E-state index < -0.39 is 0 Å². The lowest BCUT2D eigenvalue weighted by Crippen LogP contribution is -2.34. The summed E-state index contributed by atoms with van der Waals surface area (Å²) in [6.07, 6.45) is 7.90. The molecule has 1 aliphatic heterocycles. The molecule has 0 radical (unpaired) electrons. The number of nitrogens with zero attached hydrogens (tertiary/aromatic N) is 2. The highest BCUT2D eigenvalue weighted by Crippen LogP contribution is 2.44. The van der Waals surface area contributed by atoms with Crippen LogP contribution in [-0.4, -0.2) is 22.3 Å². The molecule has 2 unspecified atom stereocenters. The molecule has 0 amide bonds. The number of rotatable bonds is 3. The first-order valence-corrected chi connectivity index (χ1v) is 6.50. The molecule has 2 atom stereocenters. The molecule has 4 nitrogen and oxygen atoms in total. The largest absolute Gasteiger partial charge is 0.376 e. The fourth-order valence-corrected chi connectivity index (χ4v) is 2.84. The third-order valence-electron chi connectivity index (χ3n) is 3.87. The molecule has 1 saturated carbocycles. The van der Waals surface area contributed by atoms with Crippen LogP contribution in [0.4, 0.5) is 0 Å². The maximum absolute atomic E-state index is 6.21. The van der Waals surface area contributed by atoms with Crippen molar-refractivity contribution in [3.05, 3.63) is 18.2 Å². The second-order valence-electron chi connectivity index (χ2n) is 5.94. The first kappa shape index (κ1) is 11.2. The van der Waals surface area contributed by atoms with E-state index in [2.05, 4.69) is 9.55 Å². The predicted molar refractivity (Wildman–Crippen MR) is 65.6 cm³/mol. The third-order valence-corrected chi connectivity index (χ3v) is 3.87. The van der Waals surface area contributed by atoms with E-state index in [0.29, 0.717) is 12.1 Å². The number of hydrogen-bond donors (Lipinski definition) is 1. The van der Waals surface area contributed by atoms with Gasteiger partial charge in [-0.25, -0.2) is 4.98 Å². The molecular weight excluding hydrogens is 214 g/mol. The quantitative estimate of drug-likeness (QED) is 0.869. The Morgan fingerprint density at radius 2 is 2.18 bits per heavy atom. The van der Waals surface area contributed by atoms with Crippen LogP contribution in [0.15, 0.2) is 12.5 Å². The van der Waals surface area contributed by atoms with Gasteiger partial charge in [0, 0.05) is 12.8 Å². The zero-order valence-electron chi connectivity index (χ0n) is 10.6. The molecule has 0 bridgehead atoms. The van der Waals surface area contributed by atoms with E-state index in [1.54, 1.807) is 0 Å². The molecule has 2 fully saturated rings. The molecule has 0 aromatic carbocycles. The minimum absolute atomic E-state index is 0.340. The molecule has 1 saturated heterocycles. The average Bonchev–Trinajstić information content (AvgIpc) is 2.81. The fraction of sp³-hybridized carbons (Fsp3) is 0.769. The smallest absolute Gasteiger partial charge is 0.0952 e. The van der Waals surface area contributed by atoms with Crippen LogP contribution in [0.25, 0.3) is 0 Å². The Balaban J connectivity index is 1.90. The van der Waals surface area contributed by atoms with E-state index in [-0.39, 0.29) is 5.54 Å². The first-order chi connectivity index (χ1) is 8.07. The van der Waals surface area contributed by atoms with Crippen LogP contribution in [0.5, 0.6) is 0 Å². The standard InChI is InChI=1S/C13H21N3O/c1-13(2,14)11-7-15-8-16(11)10-5-6-17-12(10)9-3-4-9/h7-10,12H,3-6,14H2,1-2H3. The predicted octanol–water partition coefficient (Wildman–Crippen LogP) is 1.82. The second kappa shape index (κ2) is 3.82. The van der Waals surface area contributed by atoms with Crippen LogP contribution >= 0.6 is 0 Å².